The van der Waals surface area contributed by atoms with Crippen LogP contribution in [0.15, 0.2) is 24.3 Å². The van der Waals surface area contributed by atoms with E-state index in [1.807, 2.05) is 4.90 Å². The Morgan fingerprint density at radius 3 is 2.83 bits per heavy atom. The van der Waals surface area contributed by atoms with E-state index >= 15 is 0 Å². The van der Waals surface area contributed by atoms with Crippen LogP contribution in [0, 0.1) is 5.41 Å². The number of rotatable bonds is 1. The van der Waals surface area contributed by atoms with Crippen molar-refractivity contribution < 1.29 is 4.79 Å². The maximum Gasteiger partial charge on any atom is 0.240 e. The summed E-state index contributed by atoms with van der Waals surface area (Å²) in [7, 11) is 0. The Kier molecular flexibility index (Phi) is 4.74. The third kappa shape index (κ3) is 3.59. The number of fused-ring (bicyclic) bond motifs is 1. The van der Waals surface area contributed by atoms with Crippen LogP contribution in [0.25, 0.3) is 0 Å². The van der Waals surface area contributed by atoms with Crippen molar-refractivity contribution in [2.24, 2.45) is 11.1 Å². The van der Waals surface area contributed by atoms with Gasteiger partial charge >= 0.3 is 0 Å². The first-order chi connectivity index (χ1) is 11.0. The molecular formula is C19H29N3O. The minimum absolute atomic E-state index is 0.0335. The van der Waals surface area contributed by atoms with E-state index in [0.29, 0.717) is 0 Å². The summed E-state index contributed by atoms with van der Waals surface area (Å²) in [5.41, 5.74) is 8.74. The van der Waals surface area contributed by atoms with Gasteiger partial charge in [0, 0.05) is 25.7 Å². The van der Waals surface area contributed by atoms with E-state index < -0.39 is 0 Å². The average Bonchev–Trinajstić information content (AvgIpc) is 2.52. The lowest BCUT2D eigenvalue weighted by Gasteiger charge is -2.41. The standard InChI is InChI=1S/C19H29N3O/c1-19(2)10-5-8-16(20)12-21-17(19)18(23)22-11-9-14-6-3-4-7-15(14)13-22/h3-4,6-7,16-17,21H,5,8-13,20H2,1-2H3/t16-,17+/m0/s1. The van der Waals surface area contributed by atoms with Crippen molar-refractivity contribution in [1.82, 2.24) is 10.2 Å². The molecule has 2 aliphatic rings. The van der Waals surface area contributed by atoms with Crippen LogP contribution in [0.1, 0.15) is 44.2 Å². The van der Waals surface area contributed by atoms with E-state index in [0.717, 1.165) is 45.3 Å². The first kappa shape index (κ1) is 16.5. The molecule has 3 N–H and O–H groups in total. The molecule has 0 unspecified atom stereocenters. The van der Waals surface area contributed by atoms with Crippen molar-refractivity contribution in [2.45, 2.75) is 58.2 Å². The molecular weight excluding hydrogens is 286 g/mol. The third-order valence-corrected chi connectivity index (χ3v) is 5.45. The lowest BCUT2D eigenvalue weighted by atomic mass is 9.77. The molecule has 4 nitrogen and oxygen atoms in total. The molecule has 0 aliphatic carbocycles. The maximum absolute atomic E-state index is 13.2. The Hall–Kier alpha value is -1.39. The Bertz CT molecular complexity index is 569. The van der Waals surface area contributed by atoms with Crippen LogP contribution < -0.4 is 11.1 Å². The van der Waals surface area contributed by atoms with Gasteiger partial charge in [-0.15, -0.1) is 0 Å². The monoisotopic (exact) mass is 315 g/mol. The molecule has 0 spiro atoms. The summed E-state index contributed by atoms with van der Waals surface area (Å²) in [5.74, 6) is 0.235. The Morgan fingerprint density at radius 1 is 1.30 bits per heavy atom. The second kappa shape index (κ2) is 6.62. The van der Waals surface area contributed by atoms with E-state index in [-0.39, 0.29) is 23.4 Å². The summed E-state index contributed by atoms with van der Waals surface area (Å²) in [5, 5.41) is 3.47. The number of nitrogens with one attached hydrogen (secondary N) is 1. The van der Waals surface area contributed by atoms with Crippen molar-refractivity contribution in [1.29, 1.82) is 0 Å². The maximum atomic E-state index is 13.2. The Balaban J connectivity index is 1.75. The van der Waals surface area contributed by atoms with Gasteiger partial charge < -0.3 is 16.0 Å². The lowest BCUT2D eigenvalue weighted by molar-refractivity contribution is -0.137. The van der Waals surface area contributed by atoms with Gasteiger partial charge in [0.1, 0.15) is 0 Å². The molecule has 23 heavy (non-hydrogen) atoms. The number of carbonyl (C=O) groups is 1. The van der Waals surface area contributed by atoms with Crippen LogP contribution in [0.2, 0.25) is 0 Å². The van der Waals surface area contributed by atoms with Gasteiger partial charge in [-0.05, 0) is 35.8 Å². The minimum Gasteiger partial charge on any atom is -0.337 e. The normalized spacial score (nSPS) is 27.7. The topological polar surface area (TPSA) is 58.4 Å². The van der Waals surface area contributed by atoms with Crippen LogP contribution in [0.5, 0.6) is 0 Å². The van der Waals surface area contributed by atoms with E-state index in [2.05, 4.69) is 43.4 Å². The minimum atomic E-state index is -0.140. The summed E-state index contributed by atoms with van der Waals surface area (Å²) in [6.07, 6.45) is 4.12. The van der Waals surface area contributed by atoms with Gasteiger partial charge in [-0.1, -0.05) is 44.5 Å². The van der Waals surface area contributed by atoms with Gasteiger partial charge in [0.2, 0.25) is 5.91 Å². The number of nitrogens with two attached hydrogens (primary N) is 1. The van der Waals surface area contributed by atoms with E-state index in [9.17, 15) is 4.79 Å². The summed E-state index contributed by atoms with van der Waals surface area (Å²) in [4.78, 5) is 15.2. The zero-order valence-corrected chi connectivity index (χ0v) is 14.3. The number of carbonyl (C=O) groups excluding carboxylic acids is 1. The molecule has 0 saturated carbocycles. The molecule has 4 heteroatoms. The summed E-state index contributed by atoms with van der Waals surface area (Å²) in [6, 6.07) is 8.47. The fourth-order valence-corrected chi connectivity index (χ4v) is 3.90. The van der Waals surface area contributed by atoms with Crippen LogP contribution >= 0.6 is 0 Å². The van der Waals surface area contributed by atoms with Gasteiger partial charge in [-0.3, -0.25) is 4.79 Å². The molecule has 2 atom stereocenters. The van der Waals surface area contributed by atoms with E-state index in [4.69, 9.17) is 5.73 Å². The van der Waals surface area contributed by atoms with Crippen LogP contribution in [-0.2, 0) is 17.8 Å². The molecule has 0 aromatic heterocycles. The molecule has 2 aliphatic heterocycles. The number of hydrogen-bond donors (Lipinski definition) is 2. The second-order valence-electron chi connectivity index (χ2n) is 7.76. The van der Waals surface area contributed by atoms with Crippen molar-refractivity contribution in [3.8, 4) is 0 Å². The van der Waals surface area contributed by atoms with Crippen LogP contribution in [0.4, 0.5) is 0 Å². The quantitative estimate of drug-likeness (QED) is 0.834. The molecule has 126 valence electrons. The molecule has 1 amide bonds. The first-order valence-corrected chi connectivity index (χ1v) is 8.82. The van der Waals surface area contributed by atoms with Gasteiger partial charge in [-0.25, -0.2) is 0 Å². The van der Waals surface area contributed by atoms with Crippen LogP contribution in [-0.4, -0.2) is 36.0 Å². The number of nitrogens with zero attached hydrogens (tertiary/aromatic N) is 1. The highest BCUT2D eigenvalue weighted by Crippen LogP contribution is 2.31. The average molecular weight is 315 g/mol. The zero-order chi connectivity index (χ0) is 16.4. The molecule has 0 bridgehead atoms. The van der Waals surface area contributed by atoms with Crippen molar-refractivity contribution >= 4 is 5.91 Å². The number of benzene rings is 1. The molecule has 3 rings (SSSR count). The summed E-state index contributed by atoms with van der Waals surface area (Å²) < 4.78 is 0. The van der Waals surface area contributed by atoms with Gasteiger partial charge in [-0.2, -0.15) is 0 Å². The zero-order valence-electron chi connectivity index (χ0n) is 14.3. The third-order valence-electron chi connectivity index (χ3n) is 5.45. The van der Waals surface area contributed by atoms with Crippen molar-refractivity contribution in [3.05, 3.63) is 35.4 Å². The van der Waals surface area contributed by atoms with Crippen LogP contribution in [0.3, 0.4) is 0 Å². The molecule has 1 saturated heterocycles. The molecule has 0 radical (unpaired) electrons. The molecule has 1 fully saturated rings. The smallest absolute Gasteiger partial charge is 0.240 e. The fourth-order valence-electron chi connectivity index (χ4n) is 3.90. The Labute approximate surface area is 139 Å². The largest absolute Gasteiger partial charge is 0.337 e. The highest BCUT2D eigenvalue weighted by molar-refractivity contribution is 5.83. The lowest BCUT2D eigenvalue weighted by Crippen LogP contribution is -2.57. The predicted molar refractivity (Wildman–Crippen MR) is 93.0 cm³/mol. The Morgan fingerprint density at radius 2 is 2.04 bits per heavy atom. The highest BCUT2D eigenvalue weighted by atomic mass is 16.2. The second-order valence-corrected chi connectivity index (χ2v) is 7.76. The number of hydrogen-bond acceptors (Lipinski definition) is 3. The van der Waals surface area contributed by atoms with Crippen molar-refractivity contribution in [3.63, 3.8) is 0 Å². The predicted octanol–water partition coefficient (Wildman–Crippen LogP) is 2.07. The molecule has 1 aromatic rings. The summed E-state index contributed by atoms with van der Waals surface area (Å²) in [6.45, 7) is 6.68. The first-order valence-electron chi connectivity index (χ1n) is 8.82. The SMILES string of the molecule is CC1(C)CCC[C@H](N)CN[C@@H]1C(=O)N1CCc2ccccc2C1. The highest BCUT2D eigenvalue weighted by Gasteiger charge is 2.38. The van der Waals surface area contributed by atoms with Gasteiger partial charge in [0.15, 0.2) is 0 Å². The molecule has 1 aromatic carbocycles. The van der Waals surface area contributed by atoms with Crippen molar-refractivity contribution in [2.75, 3.05) is 13.1 Å². The van der Waals surface area contributed by atoms with Gasteiger partial charge in [0.05, 0.1) is 6.04 Å². The van der Waals surface area contributed by atoms with Gasteiger partial charge in [0.25, 0.3) is 0 Å². The summed E-state index contributed by atoms with van der Waals surface area (Å²) >= 11 is 0. The van der Waals surface area contributed by atoms with E-state index in [1.165, 1.54) is 11.1 Å². The fraction of sp³-hybridized carbons (Fsp3) is 0.632. The molecule has 2 heterocycles. The van der Waals surface area contributed by atoms with E-state index in [1.54, 1.807) is 0 Å². The number of amides is 1.